The maximum absolute atomic E-state index is 14.3. The average Bonchev–Trinajstić information content (AvgIpc) is 3.09. The lowest BCUT2D eigenvalue weighted by atomic mass is 9.73. The maximum atomic E-state index is 14.3. The second-order valence-electron chi connectivity index (χ2n) is 12.4. The molecule has 3 aromatic rings. The SMILES string of the molecule is Nc1nc(=O)n(-c2nc3ccccc3n(C3C[C@H]4CCC[C@@H](C3)N4C3C[C@H]4CCCC[C@@H](C3)C4)c2=O)cc1F. The highest BCUT2D eigenvalue weighted by Crippen LogP contribution is 2.47. The molecule has 2 N–H and O–H groups in total. The van der Waals surface area contributed by atoms with Crippen LogP contribution < -0.4 is 17.0 Å². The molecule has 2 aliphatic heterocycles. The first-order valence-corrected chi connectivity index (χ1v) is 14.8. The number of nitrogens with zero attached hydrogens (tertiary/aromatic N) is 5. The Labute approximate surface area is 227 Å². The van der Waals surface area contributed by atoms with Gasteiger partial charge in [0.1, 0.15) is 0 Å². The number of halogens is 1. The van der Waals surface area contributed by atoms with Gasteiger partial charge in [-0.2, -0.15) is 4.98 Å². The molecule has 8 nitrogen and oxygen atoms in total. The zero-order chi connectivity index (χ0) is 26.7. The van der Waals surface area contributed by atoms with Crippen molar-refractivity contribution in [1.29, 1.82) is 0 Å². The number of anilines is 1. The molecule has 0 radical (unpaired) electrons. The highest BCUT2D eigenvalue weighted by atomic mass is 19.1. The molecule has 4 fully saturated rings. The fourth-order valence-corrected chi connectivity index (χ4v) is 8.56. The number of aromatic nitrogens is 4. The molecule has 0 spiro atoms. The van der Waals surface area contributed by atoms with Crippen LogP contribution in [0.15, 0.2) is 40.1 Å². The van der Waals surface area contributed by atoms with Crippen molar-refractivity contribution in [2.75, 3.05) is 5.73 Å². The summed E-state index contributed by atoms with van der Waals surface area (Å²) in [6.07, 6.45) is 15.9. The standard InChI is InChI=1S/C30H37FN6O2/c31-24-17-35(30(39)34-27(24)32)28-29(38)37(26-11-4-3-10-25(26)33-28)23-15-20-8-5-9-21(16-23)36(20)22-13-18-6-1-2-7-19(12-18)14-22/h3-4,10-11,17-23H,1-2,5-9,12-16H2,(H2,32,34,39)/t18-,19+,20-,21+,22?,23?. The third-order valence-electron chi connectivity index (χ3n) is 10.1. The summed E-state index contributed by atoms with van der Waals surface area (Å²) >= 11 is 0. The van der Waals surface area contributed by atoms with Crippen LogP contribution in [-0.4, -0.2) is 42.1 Å². The van der Waals surface area contributed by atoms with Crippen LogP contribution in [0.4, 0.5) is 10.2 Å². The van der Waals surface area contributed by atoms with Gasteiger partial charge in [0.05, 0.1) is 17.2 Å². The molecular weight excluding hydrogens is 495 g/mol. The van der Waals surface area contributed by atoms with Gasteiger partial charge >= 0.3 is 5.69 Å². The van der Waals surface area contributed by atoms with Crippen LogP contribution in [0.1, 0.15) is 83.1 Å². The van der Waals surface area contributed by atoms with E-state index in [1.54, 1.807) is 0 Å². The van der Waals surface area contributed by atoms with Crippen LogP contribution in [-0.2, 0) is 0 Å². The van der Waals surface area contributed by atoms with E-state index in [-0.39, 0.29) is 17.4 Å². The Morgan fingerprint density at radius 2 is 1.49 bits per heavy atom. The zero-order valence-electron chi connectivity index (χ0n) is 22.3. The number of hydrogen-bond donors (Lipinski definition) is 1. The lowest BCUT2D eigenvalue weighted by molar-refractivity contribution is -0.0420. The number of hydrogen-bond acceptors (Lipinski definition) is 6. The fraction of sp³-hybridized carbons (Fsp3) is 0.600. The minimum absolute atomic E-state index is 0.0103. The molecule has 2 aliphatic carbocycles. The monoisotopic (exact) mass is 532 g/mol. The number of rotatable bonds is 3. The van der Waals surface area contributed by atoms with Crippen LogP contribution in [0.5, 0.6) is 0 Å². The molecule has 4 bridgehead atoms. The van der Waals surface area contributed by atoms with Gasteiger partial charge in [-0.05, 0) is 68.9 Å². The lowest BCUT2D eigenvalue weighted by Gasteiger charge is -2.54. The van der Waals surface area contributed by atoms with Crippen molar-refractivity contribution in [3.8, 4) is 5.82 Å². The average molecular weight is 533 g/mol. The van der Waals surface area contributed by atoms with Crippen molar-refractivity contribution in [3.63, 3.8) is 0 Å². The predicted octanol–water partition coefficient (Wildman–Crippen LogP) is 4.58. The highest BCUT2D eigenvalue weighted by Gasteiger charge is 2.45. The minimum Gasteiger partial charge on any atom is -0.381 e. The van der Waals surface area contributed by atoms with Gasteiger partial charge in [0, 0.05) is 24.2 Å². The fourth-order valence-electron chi connectivity index (χ4n) is 8.56. The molecule has 6 atom stereocenters. The smallest absolute Gasteiger partial charge is 0.355 e. The molecule has 206 valence electrons. The van der Waals surface area contributed by atoms with E-state index in [0.29, 0.717) is 23.6 Å². The maximum Gasteiger partial charge on any atom is 0.355 e. The van der Waals surface area contributed by atoms with Gasteiger partial charge in [0.2, 0.25) is 5.82 Å². The summed E-state index contributed by atoms with van der Waals surface area (Å²) in [6.45, 7) is 0. The largest absolute Gasteiger partial charge is 0.381 e. The summed E-state index contributed by atoms with van der Waals surface area (Å²) in [5.74, 6) is 0.271. The number of benzene rings is 1. The normalized spacial score (nSPS) is 31.2. The van der Waals surface area contributed by atoms with Crippen molar-refractivity contribution in [2.24, 2.45) is 11.8 Å². The first-order valence-electron chi connectivity index (χ1n) is 14.8. The summed E-state index contributed by atoms with van der Waals surface area (Å²) in [6, 6.07) is 9.08. The quantitative estimate of drug-likeness (QED) is 0.530. The summed E-state index contributed by atoms with van der Waals surface area (Å²) in [5, 5.41) is 0. The Kier molecular flexibility index (Phi) is 6.29. The van der Waals surface area contributed by atoms with Gasteiger partial charge in [-0.3, -0.25) is 9.69 Å². The molecule has 4 aliphatic rings. The van der Waals surface area contributed by atoms with Crippen LogP contribution in [0.2, 0.25) is 0 Å². The molecule has 39 heavy (non-hydrogen) atoms. The van der Waals surface area contributed by atoms with Gasteiger partial charge in [0.15, 0.2) is 11.6 Å². The molecule has 2 saturated carbocycles. The van der Waals surface area contributed by atoms with E-state index in [4.69, 9.17) is 5.73 Å². The van der Waals surface area contributed by atoms with E-state index < -0.39 is 17.3 Å². The molecule has 7 rings (SSSR count). The minimum atomic E-state index is -0.855. The van der Waals surface area contributed by atoms with Gasteiger partial charge in [0.25, 0.3) is 5.56 Å². The number of nitrogen functional groups attached to an aromatic ring is 1. The van der Waals surface area contributed by atoms with Gasteiger partial charge in [-0.1, -0.05) is 44.2 Å². The summed E-state index contributed by atoms with van der Waals surface area (Å²) in [4.78, 5) is 37.7. The van der Waals surface area contributed by atoms with E-state index in [1.165, 1.54) is 51.4 Å². The Bertz CT molecular complexity index is 1490. The predicted molar refractivity (Wildman–Crippen MR) is 148 cm³/mol. The Morgan fingerprint density at radius 3 is 2.21 bits per heavy atom. The lowest BCUT2D eigenvalue weighted by Crippen LogP contribution is -2.58. The molecule has 1 aromatic carbocycles. The third kappa shape index (κ3) is 4.39. The topological polar surface area (TPSA) is 99.0 Å². The van der Waals surface area contributed by atoms with E-state index in [0.717, 1.165) is 53.8 Å². The Balaban J connectivity index is 1.27. The Morgan fingerprint density at radius 1 is 0.795 bits per heavy atom. The van der Waals surface area contributed by atoms with E-state index in [1.807, 2.05) is 28.8 Å². The van der Waals surface area contributed by atoms with Crippen molar-refractivity contribution >= 4 is 16.9 Å². The van der Waals surface area contributed by atoms with E-state index in [9.17, 15) is 14.0 Å². The summed E-state index contributed by atoms with van der Waals surface area (Å²) in [7, 11) is 0. The molecule has 2 saturated heterocycles. The zero-order valence-corrected chi connectivity index (χ0v) is 22.3. The van der Waals surface area contributed by atoms with Crippen LogP contribution >= 0.6 is 0 Å². The third-order valence-corrected chi connectivity index (χ3v) is 10.1. The first kappa shape index (κ1) is 24.9. The van der Waals surface area contributed by atoms with Gasteiger partial charge in [-0.15, -0.1) is 0 Å². The van der Waals surface area contributed by atoms with Gasteiger partial charge < -0.3 is 10.3 Å². The Hall–Kier alpha value is -3.07. The molecule has 2 aromatic heterocycles. The van der Waals surface area contributed by atoms with Crippen molar-refractivity contribution < 1.29 is 4.39 Å². The summed E-state index contributed by atoms with van der Waals surface area (Å²) in [5.41, 5.74) is 5.65. The molecule has 2 unspecified atom stereocenters. The molecule has 0 amide bonds. The number of nitrogens with two attached hydrogens (primary N) is 1. The summed E-state index contributed by atoms with van der Waals surface area (Å²) < 4.78 is 17.1. The van der Waals surface area contributed by atoms with Crippen LogP contribution in [0, 0.1) is 17.7 Å². The van der Waals surface area contributed by atoms with Crippen LogP contribution in [0.3, 0.4) is 0 Å². The first-order chi connectivity index (χ1) is 19.0. The number of para-hydroxylation sites is 2. The van der Waals surface area contributed by atoms with Gasteiger partial charge in [-0.25, -0.2) is 18.7 Å². The second kappa shape index (κ2) is 9.84. The second-order valence-corrected chi connectivity index (χ2v) is 12.4. The van der Waals surface area contributed by atoms with E-state index in [2.05, 4.69) is 14.9 Å². The molecule has 9 heteroatoms. The van der Waals surface area contributed by atoms with Crippen molar-refractivity contribution in [1.82, 2.24) is 24.0 Å². The van der Waals surface area contributed by atoms with E-state index >= 15 is 0 Å². The number of piperidine rings is 2. The van der Waals surface area contributed by atoms with Crippen molar-refractivity contribution in [2.45, 2.75) is 101 Å². The molecule has 4 heterocycles. The van der Waals surface area contributed by atoms with Crippen LogP contribution in [0.25, 0.3) is 16.9 Å². The number of fused-ring (bicyclic) bond motifs is 5. The van der Waals surface area contributed by atoms with Crippen molar-refractivity contribution in [3.05, 3.63) is 57.1 Å². The molecular formula is C30H37FN6O2. The highest BCUT2D eigenvalue weighted by molar-refractivity contribution is 5.75.